The number of hydrogen-bond donors (Lipinski definition) is 4. The quantitative estimate of drug-likeness (QED) is 0.248. The topological polar surface area (TPSA) is 207 Å². The van der Waals surface area contributed by atoms with Crippen LogP contribution in [-0.2, 0) is 25.5 Å². The number of ether oxygens (including phenoxy) is 2. The molecule has 5 atom stereocenters. The molecule has 5 N–H and O–H groups in total. The number of alkyl halides is 1. The predicted molar refractivity (Wildman–Crippen MR) is 116 cm³/mol. The van der Waals surface area contributed by atoms with E-state index in [1.807, 2.05) is 6.07 Å². The van der Waals surface area contributed by atoms with Gasteiger partial charge in [0, 0.05) is 6.42 Å². The van der Waals surface area contributed by atoms with E-state index in [4.69, 9.17) is 32.1 Å². The number of anilines is 1. The van der Waals surface area contributed by atoms with Gasteiger partial charge in [-0.2, -0.15) is 15.2 Å². The first kappa shape index (κ1) is 23.8. The largest absolute Gasteiger partial charge is 0.479 e. The second-order valence-corrected chi connectivity index (χ2v) is 8.74. The molecule has 5 unspecified atom stereocenters. The van der Waals surface area contributed by atoms with E-state index in [1.165, 1.54) is 24.3 Å². The summed E-state index contributed by atoms with van der Waals surface area (Å²) in [6.07, 6.45) is -6.13. The fourth-order valence-corrected chi connectivity index (χ4v) is 4.49. The van der Waals surface area contributed by atoms with E-state index in [0.717, 1.165) is 10.9 Å². The first-order valence-corrected chi connectivity index (χ1v) is 10.7. The predicted octanol–water partition coefficient (Wildman–Crippen LogP) is 0.450. The molecule has 3 aromatic rings. The van der Waals surface area contributed by atoms with E-state index in [-0.39, 0.29) is 33.4 Å². The first-order chi connectivity index (χ1) is 17.0. The van der Waals surface area contributed by atoms with Crippen LogP contribution in [0.2, 0.25) is 5.28 Å². The highest BCUT2D eigenvalue weighted by atomic mass is 35.5. The van der Waals surface area contributed by atoms with Crippen LogP contribution in [0.25, 0.3) is 11.2 Å². The van der Waals surface area contributed by atoms with Crippen LogP contribution < -0.4 is 5.73 Å². The van der Waals surface area contributed by atoms with Crippen molar-refractivity contribution in [2.75, 3.05) is 5.73 Å². The number of nitrogens with two attached hydrogens (primary N) is 1. The molecule has 0 spiro atoms. The zero-order valence-electron chi connectivity index (χ0n) is 17.9. The molecule has 2 aliphatic rings. The molecule has 2 fully saturated rings. The van der Waals surface area contributed by atoms with E-state index in [9.17, 15) is 24.9 Å². The van der Waals surface area contributed by atoms with Crippen molar-refractivity contribution in [3.63, 3.8) is 0 Å². The number of carboxylic acids is 2. The lowest BCUT2D eigenvalue weighted by atomic mass is 9.93. The molecular formula is C21H16ClFN6O7. The third kappa shape index (κ3) is 3.36. The van der Waals surface area contributed by atoms with Gasteiger partial charge in [0.05, 0.1) is 18.0 Å². The summed E-state index contributed by atoms with van der Waals surface area (Å²) in [5, 5.41) is 39.2. The van der Waals surface area contributed by atoms with Crippen molar-refractivity contribution in [3.8, 4) is 6.07 Å². The molecule has 2 aromatic heterocycles. The number of aliphatic hydroxyl groups is 1. The summed E-state index contributed by atoms with van der Waals surface area (Å²) in [7, 11) is 0. The van der Waals surface area contributed by atoms with E-state index >= 15 is 4.39 Å². The van der Waals surface area contributed by atoms with Gasteiger partial charge >= 0.3 is 11.9 Å². The number of carbonyl (C=O) groups is 2. The Bertz CT molecular complexity index is 1430. The number of benzene rings is 1. The van der Waals surface area contributed by atoms with Crippen molar-refractivity contribution in [2.24, 2.45) is 0 Å². The second-order valence-electron chi connectivity index (χ2n) is 8.40. The monoisotopic (exact) mass is 518 g/mol. The summed E-state index contributed by atoms with van der Waals surface area (Å²) < 4.78 is 27.6. The number of hydrogen-bond acceptors (Lipinski definition) is 10. The number of fused-ring (bicyclic) bond motifs is 2. The molecule has 1 aromatic carbocycles. The van der Waals surface area contributed by atoms with E-state index < -0.39 is 54.2 Å². The average molecular weight is 519 g/mol. The number of nitrogens with zero attached hydrogens (tertiary/aromatic N) is 5. The van der Waals surface area contributed by atoms with Crippen molar-refractivity contribution in [3.05, 3.63) is 47.0 Å². The van der Waals surface area contributed by atoms with Crippen LogP contribution in [0.4, 0.5) is 10.2 Å². The normalized spacial score (nSPS) is 26.9. The maximum atomic E-state index is 15.5. The zero-order valence-corrected chi connectivity index (χ0v) is 18.7. The minimum Gasteiger partial charge on any atom is -0.479 e. The van der Waals surface area contributed by atoms with Gasteiger partial charge in [0.25, 0.3) is 5.60 Å². The van der Waals surface area contributed by atoms with Crippen LogP contribution >= 0.6 is 11.6 Å². The summed E-state index contributed by atoms with van der Waals surface area (Å²) in [5.41, 5.74) is 1.20. The van der Waals surface area contributed by atoms with Crippen molar-refractivity contribution in [1.29, 1.82) is 5.26 Å². The maximum Gasteiger partial charge on any atom is 0.348 e. The van der Waals surface area contributed by atoms with Crippen molar-refractivity contribution in [2.45, 2.75) is 42.2 Å². The average Bonchev–Trinajstić information content (AvgIpc) is 3.08. The number of imidazole rings is 1. The molecule has 15 heteroatoms. The Morgan fingerprint density at radius 3 is 2.53 bits per heavy atom. The van der Waals surface area contributed by atoms with Crippen molar-refractivity contribution >= 4 is 40.5 Å². The molecule has 36 heavy (non-hydrogen) atoms. The van der Waals surface area contributed by atoms with Gasteiger partial charge in [0.2, 0.25) is 5.28 Å². The highest BCUT2D eigenvalue weighted by molar-refractivity contribution is 6.28. The third-order valence-electron chi connectivity index (χ3n) is 6.31. The molecule has 1 aliphatic carbocycles. The fourth-order valence-electron chi connectivity index (χ4n) is 4.32. The Labute approximate surface area is 205 Å². The molecule has 186 valence electrons. The molecular weight excluding hydrogens is 503 g/mol. The summed E-state index contributed by atoms with van der Waals surface area (Å²) in [4.78, 5) is 35.9. The number of nitrogen functional groups attached to an aromatic ring is 1. The van der Waals surface area contributed by atoms with Crippen LogP contribution in [0.1, 0.15) is 17.4 Å². The number of rotatable bonds is 7. The smallest absolute Gasteiger partial charge is 0.348 e. The molecule has 3 heterocycles. The molecule has 0 bridgehead atoms. The standard InChI is InChI=1S/C21H16ClFN6O7/c22-19-27-14(25)10-15(28-19)29(7-26-10)16-11(23)21(34)12(35-16)13(21)36-20(17(30)31,18(32)33)5-8-1-3-9(6-24)4-2-8/h1-4,7,11-13,16,34H,5H2,(H,30,31)(H,32,33)(H2,25,27,28). The van der Waals surface area contributed by atoms with Crippen molar-refractivity contribution in [1.82, 2.24) is 19.5 Å². The summed E-state index contributed by atoms with van der Waals surface area (Å²) in [5.74, 6) is -3.78. The van der Waals surface area contributed by atoms with Crippen LogP contribution in [0, 0.1) is 11.3 Å². The fraction of sp³-hybridized carbons (Fsp3) is 0.333. The number of aliphatic carboxylic acids is 2. The summed E-state index contributed by atoms with van der Waals surface area (Å²) in [6, 6.07) is 7.40. The van der Waals surface area contributed by atoms with Crippen LogP contribution in [0.3, 0.4) is 0 Å². The summed E-state index contributed by atoms with van der Waals surface area (Å²) >= 11 is 5.82. The molecule has 1 saturated carbocycles. The van der Waals surface area contributed by atoms with Gasteiger partial charge in [-0.05, 0) is 29.3 Å². The Morgan fingerprint density at radius 2 is 1.97 bits per heavy atom. The molecule has 1 aliphatic heterocycles. The van der Waals surface area contributed by atoms with E-state index in [1.54, 1.807) is 0 Å². The molecule has 5 rings (SSSR count). The minimum atomic E-state index is -2.87. The Balaban J connectivity index is 1.41. The number of halogens is 2. The van der Waals surface area contributed by atoms with Gasteiger partial charge < -0.3 is 30.5 Å². The molecule has 0 radical (unpaired) electrons. The van der Waals surface area contributed by atoms with Gasteiger partial charge in [0.15, 0.2) is 29.5 Å². The van der Waals surface area contributed by atoms with Gasteiger partial charge in [-0.3, -0.25) is 4.57 Å². The maximum absolute atomic E-state index is 15.5. The highest BCUT2D eigenvalue weighted by Crippen LogP contribution is 2.58. The lowest BCUT2D eigenvalue weighted by molar-refractivity contribution is -0.194. The molecule has 0 amide bonds. The van der Waals surface area contributed by atoms with Gasteiger partial charge in [-0.25, -0.2) is 19.0 Å². The highest BCUT2D eigenvalue weighted by Gasteiger charge is 2.80. The van der Waals surface area contributed by atoms with Crippen LogP contribution in [-0.4, -0.2) is 76.4 Å². The first-order valence-electron chi connectivity index (χ1n) is 10.3. The third-order valence-corrected chi connectivity index (χ3v) is 6.48. The Morgan fingerprint density at radius 1 is 1.31 bits per heavy atom. The number of nitriles is 1. The van der Waals surface area contributed by atoms with Crippen molar-refractivity contribution < 1.29 is 38.8 Å². The zero-order chi connectivity index (χ0) is 26.0. The lowest BCUT2D eigenvalue weighted by Gasteiger charge is -2.28. The van der Waals surface area contributed by atoms with Gasteiger partial charge in [0.1, 0.15) is 17.7 Å². The van der Waals surface area contributed by atoms with Gasteiger partial charge in [-0.1, -0.05) is 12.1 Å². The SMILES string of the molecule is N#Cc1ccc(CC(OC2C3OC(n4cnc5c(N)nc(Cl)nc54)C(F)C32O)(C(=O)O)C(=O)O)cc1. The number of carboxylic acid groups (broad SMARTS) is 2. The number of aromatic nitrogens is 4. The molecule has 1 saturated heterocycles. The van der Waals surface area contributed by atoms with Gasteiger partial charge in [-0.15, -0.1) is 0 Å². The van der Waals surface area contributed by atoms with E-state index in [0.29, 0.717) is 0 Å². The molecule has 13 nitrogen and oxygen atoms in total. The Hall–Kier alpha value is -3.90. The van der Waals surface area contributed by atoms with E-state index in [2.05, 4.69) is 15.0 Å². The summed E-state index contributed by atoms with van der Waals surface area (Å²) in [6.45, 7) is 0. The minimum absolute atomic E-state index is 0.0359. The van der Waals surface area contributed by atoms with Crippen LogP contribution in [0.15, 0.2) is 30.6 Å². The van der Waals surface area contributed by atoms with Crippen LogP contribution in [0.5, 0.6) is 0 Å². The second kappa shape index (κ2) is 8.07. The Kier molecular flexibility index (Phi) is 5.34. The lowest BCUT2D eigenvalue weighted by Crippen LogP contribution is -2.53.